The van der Waals surface area contributed by atoms with Crippen molar-refractivity contribution in [3.8, 4) is 23.0 Å². The molecule has 0 aromatic heterocycles. The molecule has 0 saturated carbocycles. The van der Waals surface area contributed by atoms with Crippen LogP contribution in [0.5, 0.6) is 23.0 Å². The van der Waals surface area contributed by atoms with Crippen LogP contribution in [0.1, 0.15) is 10.4 Å². The second kappa shape index (κ2) is 7.66. The normalized spacial score (nSPS) is 12.1. The number of carbonyl (C=O) groups is 1. The largest absolute Gasteiger partial charge is 0.457 e. The van der Waals surface area contributed by atoms with E-state index in [4.69, 9.17) is 14.2 Å². The molecule has 3 aromatic rings. The van der Waals surface area contributed by atoms with E-state index in [0.717, 1.165) is 17.2 Å². The first kappa shape index (κ1) is 16.7. The van der Waals surface area contributed by atoms with Gasteiger partial charge in [0.25, 0.3) is 0 Å². The third kappa shape index (κ3) is 4.10. The highest BCUT2D eigenvalue weighted by molar-refractivity contribution is 6.05. The molecule has 1 aliphatic rings. The van der Waals surface area contributed by atoms with Gasteiger partial charge in [-0.1, -0.05) is 18.2 Å². The average Bonchev–Trinajstić information content (AvgIpc) is 3.18. The van der Waals surface area contributed by atoms with Crippen LogP contribution in [-0.4, -0.2) is 12.6 Å². The van der Waals surface area contributed by atoms with Crippen molar-refractivity contribution in [2.45, 2.75) is 0 Å². The lowest BCUT2D eigenvalue weighted by molar-refractivity contribution is 0.104. The third-order valence-corrected chi connectivity index (χ3v) is 3.98. The van der Waals surface area contributed by atoms with Gasteiger partial charge >= 0.3 is 0 Å². The first-order valence-corrected chi connectivity index (χ1v) is 8.48. The van der Waals surface area contributed by atoms with Gasteiger partial charge in [0.15, 0.2) is 17.3 Å². The minimum atomic E-state index is -0.121. The Morgan fingerprint density at radius 3 is 2.44 bits per heavy atom. The van der Waals surface area contributed by atoms with Crippen molar-refractivity contribution in [1.82, 2.24) is 0 Å². The molecule has 4 rings (SSSR count). The zero-order valence-corrected chi connectivity index (χ0v) is 14.4. The van der Waals surface area contributed by atoms with E-state index in [1.807, 2.05) is 54.6 Å². The Labute approximate surface area is 156 Å². The van der Waals surface area contributed by atoms with Gasteiger partial charge in [0.1, 0.15) is 11.5 Å². The van der Waals surface area contributed by atoms with E-state index < -0.39 is 0 Å². The Hall–Kier alpha value is -3.73. The highest BCUT2D eigenvalue weighted by Crippen LogP contribution is 2.32. The molecule has 0 atom stereocenters. The second-order valence-electron chi connectivity index (χ2n) is 5.85. The summed E-state index contributed by atoms with van der Waals surface area (Å²) in [5.74, 6) is 2.66. The number of anilines is 1. The predicted octanol–water partition coefficient (Wildman–Crippen LogP) is 5.02. The van der Waals surface area contributed by atoms with Crippen molar-refractivity contribution in [2.24, 2.45) is 0 Å². The van der Waals surface area contributed by atoms with E-state index in [9.17, 15) is 4.79 Å². The number of carbonyl (C=O) groups excluding carboxylic acids is 1. The summed E-state index contributed by atoms with van der Waals surface area (Å²) >= 11 is 0. The van der Waals surface area contributed by atoms with E-state index in [2.05, 4.69) is 5.32 Å². The summed E-state index contributed by atoms with van der Waals surface area (Å²) in [6.45, 7) is 0.189. The van der Waals surface area contributed by atoms with E-state index in [1.54, 1.807) is 24.4 Å². The zero-order chi connectivity index (χ0) is 18.5. The number of benzene rings is 3. The van der Waals surface area contributed by atoms with E-state index >= 15 is 0 Å². The highest BCUT2D eigenvalue weighted by Gasteiger charge is 2.14. The molecular weight excluding hydrogens is 342 g/mol. The standard InChI is InChI=1S/C22H17NO4/c24-20(16-6-11-21-22(14-16)26-15-25-21)12-13-23-17-7-9-19(10-8-17)27-18-4-2-1-3-5-18/h1-14,23H,15H2/b13-12+. The number of rotatable bonds is 6. The summed E-state index contributed by atoms with van der Waals surface area (Å²) in [7, 11) is 0. The van der Waals surface area contributed by atoms with E-state index in [-0.39, 0.29) is 12.6 Å². The van der Waals surface area contributed by atoms with Crippen LogP contribution >= 0.6 is 0 Å². The second-order valence-corrected chi connectivity index (χ2v) is 5.85. The van der Waals surface area contributed by atoms with Gasteiger partial charge < -0.3 is 19.5 Å². The fourth-order valence-electron chi connectivity index (χ4n) is 2.60. The van der Waals surface area contributed by atoms with Gasteiger partial charge in [-0.05, 0) is 54.6 Å². The van der Waals surface area contributed by atoms with Gasteiger partial charge in [-0.3, -0.25) is 4.79 Å². The van der Waals surface area contributed by atoms with Crippen molar-refractivity contribution in [1.29, 1.82) is 0 Å². The van der Waals surface area contributed by atoms with E-state index in [1.165, 1.54) is 6.08 Å². The topological polar surface area (TPSA) is 56.8 Å². The Kier molecular flexibility index (Phi) is 4.74. The number of allylic oxidation sites excluding steroid dienone is 1. The van der Waals surface area contributed by atoms with Crippen molar-refractivity contribution < 1.29 is 19.0 Å². The van der Waals surface area contributed by atoms with Crippen molar-refractivity contribution >= 4 is 11.5 Å². The smallest absolute Gasteiger partial charge is 0.231 e. The lowest BCUT2D eigenvalue weighted by atomic mass is 10.1. The molecule has 134 valence electrons. The van der Waals surface area contributed by atoms with Crippen LogP contribution in [0.4, 0.5) is 5.69 Å². The molecule has 0 saturated heterocycles. The van der Waals surface area contributed by atoms with Crippen LogP contribution in [-0.2, 0) is 0 Å². The lowest BCUT2D eigenvalue weighted by Crippen LogP contribution is -1.96. The monoisotopic (exact) mass is 359 g/mol. The SMILES string of the molecule is O=C(/C=C/Nc1ccc(Oc2ccccc2)cc1)c1ccc2c(c1)OCO2. The van der Waals surface area contributed by atoms with Crippen LogP contribution in [0.3, 0.4) is 0 Å². The average molecular weight is 359 g/mol. The van der Waals surface area contributed by atoms with Crippen molar-refractivity contribution in [2.75, 3.05) is 12.1 Å². The van der Waals surface area contributed by atoms with Crippen molar-refractivity contribution in [3.63, 3.8) is 0 Å². The van der Waals surface area contributed by atoms with Crippen LogP contribution < -0.4 is 19.5 Å². The molecule has 0 unspecified atom stereocenters. The van der Waals surface area contributed by atoms with Crippen molar-refractivity contribution in [3.05, 3.63) is 90.6 Å². The van der Waals surface area contributed by atoms with Crippen LogP contribution in [0, 0.1) is 0 Å². The number of nitrogens with one attached hydrogen (secondary N) is 1. The fraction of sp³-hybridized carbons (Fsp3) is 0.0455. The van der Waals surface area contributed by atoms with Crippen LogP contribution in [0.2, 0.25) is 0 Å². The van der Waals surface area contributed by atoms with Gasteiger partial charge in [-0.2, -0.15) is 0 Å². The number of hydrogen-bond donors (Lipinski definition) is 1. The molecule has 0 aliphatic carbocycles. The first-order chi connectivity index (χ1) is 13.3. The maximum absolute atomic E-state index is 12.2. The molecule has 0 radical (unpaired) electrons. The Balaban J connectivity index is 1.34. The summed E-state index contributed by atoms with van der Waals surface area (Å²) < 4.78 is 16.3. The molecule has 3 aromatic carbocycles. The number of ether oxygens (including phenoxy) is 3. The number of ketones is 1. The van der Waals surface area contributed by atoms with Gasteiger partial charge in [0, 0.05) is 23.5 Å². The maximum atomic E-state index is 12.2. The summed E-state index contributed by atoms with van der Waals surface area (Å²) in [6.07, 6.45) is 3.09. The Morgan fingerprint density at radius 1 is 0.889 bits per heavy atom. The lowest BCUT2D eigenvalue weighted by Gasteiger charge is -2.06. The number of hydrogen-bond acceptors (Lipinski definition) is 5. The molecule has 0 fully saturated rings. The number of para-hydroxylation sites is 1. The summed E-state index contributed by atoms with van der Waals surface area (Å²) in [5, 5.41) is 3.08. The summed E-state index contributed by atoms with van der Waals surface area (Å²) in [6, 6.07) is 22.2. The highest BCUT2D eigenvalue weighted by atomic mass is 16.7. The molecule has 1 heterocycles. The Bertz CT molecular complexity index is 965. The Morgan fingerprint density at radius 2 is 1.63 bits per heavy atom. The number of fused-ring (bicyclic) bond motifs is 1. The van der Waals surface area contributed by atoms with Gasteiger partial charge in [0.05, 0.1) is 0 Å². The van der Waals surface area contributed by atoms with Gasteiger partial charge in [0.2, 0.25) is 6.79 Å². The predicted molar refractivity (Wildman–Crippen MR) is 103 cm³/mol. The first-order valence-electron chi connectivity index (χ1n) is 8.48. The summed E-state index contributed by atoms with van der Waals surface area (Å²) in [4.78, 5) is 12.2. The molecule has 0 bridgehead atoms. The molecule has 27 heavy (non-hydrogen) atoms. The molecule has 1 N–H and O–H groups in total. The molecule has 5 heteroatoms. The fourth-order valence-corrected chi connectivity index (χ4v) is 2.60. The van der Waals surface area contributed by atoms with E-state index in [0.29, 0.717) is 17.1 Å². The van der Waals surface area contributed by atoms with Gasteiger partial charge in [-0.15, -0.1) is 0 Å². The molecule has 5 nitrogen and oxygen atoms in total. The zero-order valence-electron chi connectivity index (χ0n) is 14.4. The van der Waals surface area contributed by atoms with Crippen LogP contribution in [0.15, 0.2) is 85.1 Å². The molecule has 0 spiro atoms. The minimum Gasteiger partial charge on any atom is -0.457 e. The quantitative estimate of drug-likeness (QED) is 0.495. The summed E-state index contributed by atoms with van der Waals surface area (Å²) in [5.41, 5.74) is 1.40. The molecule has 1 aliphatic heterocycles. The minimum absolute atomic E-state index is 0.121. The third-order valence-electron chi connectivity index (χ3n) is 3.98. The van der Waals surface area contributed by atoms with Gasteiger partial charge in [-0.25, -0.2) is 0 Å². The van der Waals surface area contributed by atoms with Crippen LogP contribution in [0.25, 0.3) is 0 Å². The maximum Gasteiger partial charge on any atom is 0.231 e. The molecular formula is C22H17NO4. The molecule has 0 amide bonds.